The van der Waals surface area contributed by atoms with E-state index in [0.29, 0.717) is 25.3 Å². The number of hydrogen-bond donors (Lipinski definition) is 3. The number of rotatable bonds is 5. The van der Waals surface area contributed by atoms with Gasteiger partial charge in [-0.1, -0.05) is 5.21 Å². The van der Waals surface area contributed by atoms with E-state index in [0.717, 1.165) is 19.4 Å². The summed E-state index contributed by atoms with van der Waals surface area (Å²) in [4.78, 5) is 24.8. The Morgan fingerprint density at radius 2 is 2.29 bits per heavy atom. The second-order valence-corrected chi connectivity index (χ2v) is 5.20. The Morgan fingerprint density at radius 3 is 2.95 bits per heavy atom. The molecule has 0 saturated carbocycles. The van der Waals surface area contributed by atoms with Gasteiger partial charge in [0.2, 0.25) is 5.91 Å². The fourth-order valence-electron chi connectivity index (χ4n) is 2.45. The van der Waals surface area contributed by atoms with Gasteiger partial charge in [0, 0.05) is 26.2 Å². The van der Waals surface area contributed by atoms with Crippen molar-refractivity contribution in [2.24, 2.45) is 17.4 Å². The van der Waals surface area contributed by atoms with Crippen molar-refractivity contribution in [3.8, 4) is 0 Å². The van der Waals surface area contributed by atoms with Crippen LogP contribution >= 0.6 is 0 Å². The molecule has 0 aliphatic carbocycles. The number of nitrogens with one attached hydrogen (secondary N) is 1. The molecule has 1 unspecified atom stereocenters. The van der Waals surface area contributed by atoms with Gasteiger partial charge in [0.1, 0.15) is 6.54 Å². The zero-order valence-corrected chi connectivity index (χ0v) is 11.9. The summed E-state index contributed by atoms with van der Waals surface area (Å²) in [6.07, 6.45) is 3.57. The van der Waals surface area contributed by atoms with E-state index in [1.807, 2.05) is 0 Å². The number of hydrogen-bond acceptors (Lipinski definition) is 5. The van der Waals surface area contributed by atoms with Crippen molar-refractivity contribution in [3.63, 3.8) is 0 Å². The summed E-state index contributed by atoms with van der Waals surface area (Å²) in [5.74, 6) is 0.234. The molecule has 1 fully saturated rings. The quantitative estimate of drug-likeness (QED) is 0.617. The Bertz CT molecular complexity index is 502. The third kappa shape index (κ3) is 4.42. The minimum atomic E-state index is -0.532. The zero-order chi connectivity index (χ0) is 15.2. The van der Waals surface area contributed by atoms with Crippen LogP contribution in [0.5, 0.6) is 0 Å². The van der Waals surface area contributed by atoms with Crippen molar-refractivity contribution in [1.29, 1.82) is 0 Å². The Morgan fingerprint density at radius 1 is 1.48 bits per heavy atom. The number of amides is 3. The van der Waals surface area contributed by atoms with Crippen LogP contribution in [-0.2, 0) is 17.9 Å². The van der Waals surface area contributed by atoms with Crippen molar-refractivity contribution in [2.75, 3.05) is 19.6 Å². The van der Waals surface area contributed by atoms with Crippen LogP contribution < -0.4 is 16.8 Å². The SMILES string of the molecule is NCc1cn(CC(=O)N2CCCC(CNC(N)=O)C2)nn1. The third-order valence-electron chi connectivity index (χ3n) is 3.53. The van der Waals surface area contributed by atoms with Gasteiger partial charge >= 0.3 is 6.03 Å². The summed E-state index contributed by atoms with van der Waals surface area (Å²) in [6.45, 7) is 2.31. The summed E-state index contributed by atoms with van der Waals surface area (Å²) in [6, 6.07) is -0.532. The van der Waals surface area contributed by atoms with Crippen molar-refractivity contribution < 1.29 is 9.59 Å². The molecule has 1 aromatic rings. The standard InChI is InChI=1S/C12H21N7O2/c13-4-10-7-19(17-16-10)8-11(20)18-3-1-2-9(6-18)5-15-12(14)21/h7,9H,1-6,8,13H2,(H3,14,15,21). The lowest BCUT2D eigenvalue weighted by atomic mass is 9.98. The average Bonchev–Trinajstić information content (AvgIpc) is 2.93. The summed E-state index contributed by atoms with van der Waals surface area (Å²) < 4.78 is 1.50. The van der Waals surface area contributed by atoms with E-state index < -0.39 is 6.03 Å². The van der Waals surface area contributed by atoms with Crippen LogP contribution in [0.1, 0.15) is 18.5 Å². The first kappa shape index (κ1) is 15.2. The lowest BCUT2D eigenvalue weighted by Gasteiger charge is -2.32. The van der Waals surface area contributed by atoms with Crippen molar-refractivity contribution in [3.05, 3.63) is 11.9 Å². The van der Waals surface area contributed by atoms with E-state index in [2.05, 4.69) is 15.6 Å². The number of primary amides is 1. The summed E-state index contributed by atoms with van der Waals surface area (Å²) in [5, 5.41) is 10.3. The average molecular weight is 295 g/mol. The number of urea groups is 1. The second-order valence-electron chi connectivity index (χ2n) is 5.20. The molecule has 1 saturated heterocycles. The fourth-order valence-corrected chi connectivity index (χ4v) is 2.45. The van der Waals surface area contributed by atoms with Gasteiger partial charge in [-0.05, 0) is 18.8 Å². The van der Waals surface area contributed by atoms with Crippen molar-refractivity contribution in [2.45, 2.75) is 25.9 Å². The predicted octanol–water partition coefficient (Wildman–Crippen LogP) is -1.36. The number of aromatic nitrogens is 3. The molecule has 9 heteroatoms. The van der Waals surface area contributed by atoms with Crippen LogP contribution in [0, 0.1) is 5.92 Å². The van der Waals surface area contributed by atoms with Crippen molar-refractivity contribution in [1.82, 2.24) is 25.2 Å². The van der Waals surface area contributed by atoms with Gasteiger partial charge in [-0.2, -0.15) is 0 Å². The van der Waals surface area contributed by atoms with Gasteiger partial charge in [-0.3, -0.25) is 4.79 Å². The molecule has 2 rings (SSSR count). The van der Waals surface area contributed by atoms with Gasteiger partial charge in [0.25, 0.3) is 0 Å². The van der Waals surface area contributed by atoms with Crippen LogP contribution in [0.4, 0.5) is 4.79 Å². The second kappa shape index (κ2) is 7.02. The molecule has 21 heavy (non-hydrogen) atoms. The first-order valence-corrected chi connectivity index (χ1v) is 6.98. The molecule has 3 amide bonds. The topological polar surface area (TPSA) is 132 Å². The highest BCUT2D eigenvalue weighted by molar-refractivity contribution is 5.76. The molecule has 116 valence electrons. The fraction of sp³-hybridized carbons (Fsp3) is 0.667. The molecule has 1 aliphatic heterocycles. The molecular formula is C12H21N7O2. The molecule has 9 nitrogen and oxygen atoms in total. The lowest BCUT2D eigenvalue weighted by molar-refractivity contribution is -0.133. The van der Waals surface area contributed by atoms with Crippen molar-refractivity contribution >= 4 is 11.9 Å². The Labute approximate surface area is 122 Å². The maximum Gasteiger partial charge on any atom is 0.312 e. The smallest absolute Gasteiger partial charge is 0.312 e. The third-order valence-corrected chi connectivity index (χ3v) is 3.53. The van der Waals surface area contributed by atoms with Gasteiger partial charge in [-0.15, -0.1) is 5.10 Å². The molecule has 1 aromatic heterocycles. The molecule has 1 atom stereocenters. The highest BCUT2D eigenvalue weighted by Gasteiger charge is 2.24. The molecule has 0 spiro atoms. The highest BCUT2D eigenvalue weighted by Crippen LogP contribution is 2.16. The normalized spacial score (nSPS) is 18.5. The number of nitrogens with two attached hydrogens (primary N) is 2. The number of nitrogens with zero attached hydrogens (tertiary/aromatic N) is 4. The summed E-state index contributed by atoms with van der Waals surface area (Å²) in [7, 11) is 0. The number of carbonyl (C=O) groups excluding carboxylic acids is 2. The lowest BCUT2D eigenvalue weighted by Crippen LogP contribution is -2.45. The van der Waals surface area contributed by atoms with Crippen LogP contribution in [-0.4, -0.2) is 51.5 Å². The van der Waals surface area contributed by atoms with Gasteiger partial charge in [0.15, 0.2) is 0 Å². The number of carbonyl (C=O) groups is 2. The largest absolute Gasteiger partial charge is 0.352 e. The van der Waals surface area contributed by atoms with Gasteiger partial charge in [0.05, 0.1) is 11.9 Å². The van der Waals surface area contributed by atoms with E-state index in [4.69, 9.17) is 11.5 Å². The van der Waals surface area contributed by atoms with E-state index in [9.17, 15) is 9.59 Å². The molecule has 0 radical (unpaired) electrons. The first-order valence-electron chi connectivity index (χ1n) is 6.98. The minimum absolute atomic E-state index is 0.00718. The Kier molecular flexibility index (Phi) is 5.09. The van der Waals surface area contributed by atoms with Crippen LogP contribution in [0.2, 0.25) is 0 Å². The number of likely N-dealkylation sites (tertiary alicyclic amines) is 1. The number of piperidine rings is 1. The van der Waals surface area contributed by atoms with Gasteiger partial charge < -0.3 is 21.7 Å². The molecule has 0 bridgehead atoms. The monoisotopic (exact) mass is 295 g/mol. The summed E-state index contributed by atoms with van der Waals surface area (Å²) >= 11 is 0. The van der Waals surface area contributed by atoms with Crippen LogP contribution in [0.25, 0.3) is 0 Å². The molecule has 5 N–H and O–H groups in total. The van der Waals surface area contributed by atoms with Crippen LogP contribution in [0.15, 0.2) is 6.20 Å². The molecule has 0 aromatic carbocycles. The van der Waals surface area contributed by atoms with E-state index in [1.54, 1.807) is 11.1 Å². The highest BCUT2D eigenvalue weighted by atomic mass is 16.2. The van der Waals surface area contributed by atoms with Crippen LogP contribution in [0.3, 0.4) is 0 Å². The van der Waals surface area contributed by atoms with E-state index in [-0.39, 0.29) is 18.4 Å². The molecule has 1 aliphatic rings. The van der Waals surface area contributed by atoms with E-state index >= 15 is 0 Å². The zero-order valence-electron chi connectivity index (χ0n) is 11.9. The predicted molar refractivity (Wildman–Crippen MR) is 74.8 cm³/mol. The molecular weight excluding hydrogens is 274 g/mol. The maximum absolute atomic E-state index is 12.2. The molecule has 2 heterocycles. The summed E-state index contributed by atoms with van der Waals surface area (Å²) in [5.41, 5.74) is 11.2. The maximum atomic E-state index is 12.2. The minimum Gasteiger partial charge on any atom is -0.352 e. The Balaban J connectivity index is 1.85. The van der Waals surface area contributed by atoms with Gasteiger partial charge in [-0.25, -0.2) is 9.48 Å². The first-order chi connectivity index (χ1) is 10.1. The Hall–Kier alpha value is -2.16. The van der Waals surface area contributed by atoms with E-state index in [1.165, 1.54) is 4.68 Å².